The molecule has 0 saturated heterocycles. The lowest BCUT2D eigenvalue weighted by Gasteiger charge is -2.19. The Bertz CT molecular complexity index is 502. The molecule has 0 atom stereocenters. The number of amides is 1. The lowest BCUT2D eigenvalue weighted by Crippen LogP contribution is -2.24. The van der Waals surface area contributed by atoms with Crippen molar-refractivity contribution in [3.05, 3.63) is 40.1 Å². The van der Waals surface area contributed by atoms with E-state index < -0.39 is 4.08 Å². The largest absolute Gasteiger partial charge is 0.323 e. The van der Waals surface area contributed by atoms with Crippen molar-refractivity contribution in [1.29, 1.82) is 0 Å². The third-order valence-corrected chi connectivity index (χ3v) is 5.82. The Balaban J connectivity index is 2.07. The Morgan fingerprint density at radius 2 is 2.06 bits per heavy atom. The average Bonchev–Trinajstić information content (AvgIpc) is 2.90. The molecule has 2 nitrogen and oxygen atoms in total. The molecule has 1 aromatic rings. The molecule has 1 N–H and O–H groups in total. The summed E-state index contributed by atoms with van der Waals surface area (Å²) in [6.45, 7) is 2.17. The number of aryl methyl sites for hydroxylation is 1. The van der Waals surface area contributed by atoms with Gasteiger partial charge in [-0.3, -0.25) is 4.79 Å². The smallest absolute Gasteiger partial charge is 0.256 e. The highest BCUT2D eigenvalue weighted by molar-refractivity contribution is 8.24. The standard InChI is InChI=1S/C13H13NOS2/c1-2-3-9-4-5-11-10(8-9)13(12(15)14-11)16-6-7-17-13/h4-8H,2-3H2,1H3,(H,14,15). The maximum absolute atomic E-state index is 12.1. The van der Waals surface area contributed by atoms with Crippen molar-refractivity contribution in [2.45, 2.75) is 23.8 Å². The predicted molar refractivity (Wildman–Crippen MR) is 75.1 cm³/mol. The molecule has 0 bridgehead atoms. The minimum Gasteiger partial charge on any atom is -0.323 e. The van der Waals surface area contributed by atoms with E-state index in [4.69, 9.17) is 0 Å². The monoisotopic (exact) mass is 263 g/mol. The zero-order valence-electron chi connectivity index (χ0n) is 9.53. The SMILES string of the molecule is CCCc1ccc2c(c1)C1(SC=CS1)C(=O)N2. The van der Waals surface area contributed by atoms with Crippen molar-refractivity contribution in [3.8, 4) is 0 Å². The molecule has 2 aliphatic rings. The molecular weight excluding hydrogens is 250 g/mol. The fourth-order valence-electron chi connectivity index (χ4n) is 2.25. The predicted octanol–water partition coefficient (Wildman–Crippen LogP) is 3.70. The first-order valence-electron chi connectivity index (χ1n) is 5.72. The number of carbonyl (C=O) groups excluding carboxylic acids is 1. The summed E-state index contributed by atoms with van der Waals surface area (Å²) in [7, 11) is 0. The van der Waals surface area contributed by atoms with Gasteiger partial charge in [0, 0.05) is 11.3 Å². The van der Waals surface area contributed by atoms with Gasteiger partial charge in [-0.2, -0.15) is 0 Å². The number of anilines is 1. The van der Waals surface area contributed by atoms with E-state index in [0.717, 1.165) is 24.1 Å². The van der Waals surface area contributed by atoms with Gasteiger partial charge in [-0.05, 0) is 28.9 Å². The normalized spacial score (nSPS) is 19.7. The number of carbonyl (C=O) groups is 1. The first-order chi connectivity index (χ1) is 8.26. The van der Waals surface area contributed by atoms with Crippen LogP contribution in [0.1, 0.15) is 24.5 Å². The Hall–Kier alpha value is -0.870. The van der Waals surface area contributed by atoms with E-state index >= 15 is 0 Å². The van der Waals surface area contributed by atoms with E-state index in [1.54, 1.807) is 23.5 Å². The molecule has 0 aliphatic carbocycles. The van der Waals surface area contributed by atoms with Gasteiger partial charge in [0.15, 0.2) is 4.08 Å². The number of hydrogen-bond donors (Lipinski definition) is 1. The van der Waals surface area contributed by atoms with E-state index in [-0.39, 0.29) is 5.91 Å². The maximum Gasteiger partial charge on any atom is 0.256 e. The molecular formula is C13H13NOS2. The molecule has 2 aliphatic heterocycles. The Morgan fingerprint density at radius 1 is 1.29 bits per heavy atom. The van der Waals surface area contributed by atoms with Crippen LogP contribution >= 0.6 is 23.5 Å². The van der Waals surface area contributed by atoms with Crippen LogP contribution < -0.4 is 5.32 Å². The third-order valence-electron chi connectivity index (χ3n) is 3.05. The summed E-state index contributed by atoms with van der Waals surface area (Å²) in [6, 6.07) is 6.33. The number of thioether (sulfide) groups is 2. The number of hydrogen-bond acceptors (Lipinski definition) is 3. The average molecular weight is 263 g/mol. The van der Waals surface area contributed by atoms with Crippen LogP contribution in [0, 0.1) is 0 Å². The van der Waals surface area contributed by atoms with Gasteiger partial charge in [0.1, 0.15) is 0 Å². The van der Waals surface area contributed by atoms with Crippen molar-refractivity contribution in [2.24, 2.45) is 0 Å². The minimum atomic E-state index is -0.459. The molecule has 0 radical (unpaired) electrons. The first-order valence-corrected chi connectivity index (χ1v) is 7.48. The van der Waals surface area contributed by atoms with Gasteiger partial charge >= 0.3 is 0 Å². The molecule has 3 rings (SSSR count). The second-order valence-corrected chi connectivity index (χ2v) is 6.71. The Morgan fingerprint density at radius 3 is 2.76 bits per heavy atom. The van der Waals surface area contributed by atoms with E-state index in [0.29, 0.717) is 0 Å². The minimum absolute atomic E-state index is 0.0983. The number of fused-ring (bicyclic) bond motifs is 2. The zero-order valence-corrected chi connectivity index (χ0v) is 11.2. The number of benzene rings is 1. The summed E-state index contributed by atoms with van der Waals surface area (Å²) in [5.74, 6) is 0.0983. The second kappa shape index (κ2) is 4.10. The quantitative estimate of drug-likeness (QED) is 0.882. The van der Waals surface area contributed by atoms with Gasteiger partial charge in [-0.15, -0.1) is 23.5 Å². The van der Waals surface area contributed by atoms with Crippen molar-refractivity contribution in [3.63, 3.8) is 0 Å². The Labute approximate surface area is 109 Å². The van der Waals surface area contributed by atoms with Crippen molar-refractivity contribution < 1.29 is 4.79 Å². The van der Waals surface area contributed by atoms with Gasteiger partial charge in [0.25, 0.3) is 5.91 Å². The van der Waals surface area contributed by atoms with Crippen LogP contribution in [0.15, 0.2) is 29.0 Å². The molecule has 2 heterocycles. The fourth-order valence-corrected chi connectivity index (χ4v) is 4.54. The summed E-state index contributed by atoms with van der Waals surface area (Å²) in [6.07, 6.45) is 2.20. The zero-order chi connectivity index (χ0) is 11.9. The lowest BCUT2D eigenvalue weighted by molar-refractivity contribution is -0.116. The lowest BCUT2D eigenvalue weighted by atomic mass is 10.0. The summed E-state index contributed by atoms with van der Waals surface area (Å²) in [5, 5.41) is 6.99. The molecule has 17 heavy (non-hydrogen) atoms. The number of nitrogens with one attached hydrogen (secondary N) is 1. The topological polar surface area (TPSA) is 29.1 Å². The van der Waals surface area contributed by atoms with Crippen LogP contribution in [0.4, 0.5) is 5.69 Å². The molecule has 4 heteroatoms. The Kier molecular flexibility index (Phi) is 2.71. The molecule has 1 amide bonds. The number of rotatable bonds is 2. The third kappa shape index (κ3) is 1.62. The van der Waals surface area contributed by atoms with Gasteiger partial charge in [0.2, 0.25) is 0 Å². The molecule has 1 aromatic carbocycles. The maximum atomic E-state index is 12.1. The first kappa shape index (κ1) is 11.2. The molecule has 1 spiro atoms. The summed E-state index contributed by atoms with van der Waals surface area (Å²) in [5.41, 5.74) is 3.42. The van der Waals surface area contributed by atoms with Gasteiger partial charge in [-0.25, -0.2) is 0 Å². The molecule has 0 unspecified atom stereocenters. The highest BCUT2D eigenvalue weighted by atomic mass is 32.2. The van der Waals surface area contributed by atoms with Crippen LogP contribution in [0.5, 0.6) is 0 Å². The van der Waals surface area contributed by atoms with Crippen LogP contribution in [-0.2, 0) is 15.3 Å². The molecule has 88 valence electrons. The second-order valence-electron chi connectivity index (χ2n) is 4.21. The van der Waals surface area contributed by atoms with Gasteiger partial charge < -0.3 is 5.32 Å². The van der Waals surface area contributed by atoms with Gasteiger partial charge in [-0.1, -0.05) is 25.5 Å². The van der Waals surface area contributed by atoms with Crippen molar-refractivity contribution in [2.75, 3.05) is 5.32 Å². The van der Waals surface area contributed by atoms with E-state index in [2.05, 4.69) is 24.4 Å². The fraction of sp³-hybridized carbons (Fsp3) is 0.308. The van der Waals surface area contributed by atoms with E-state index in [1.165, 1.54) is 5.56 Å². The van der Waals surface area contributed by atoms with Crippen molar-refractivity contribution >= 4 is 35.1 Å². The highest BCUT2D eigenvalue weighted by Gasteiger charge is 2.49. The summed E-state index contributed by atoms with van der Waals surface area (Å²) < 4.78 is -0.459. The summed E-state index contributed by atoms with van der Waals surface area (Å²) >= 11 is 3.20. The van der Waals surface area contributed by atoms with E-state index in [1.807, 2.05) is 16.9 Å². The molecule has 0 saturated carbocycles. The van der Waals surface area contributed by atoms with Crippen LogP contribution in [-0.4, -0.2) is 5.91 Å². The molecule has 0 fully saturated rings. The van der Waals surface area contributed by atoms with Crippen LogP contribution in [0.3, 0.4) is 0 Å². The van der Waals surface area contributed by atoms with Crippen LogP contribution in [0.2, 0.25) is 0 Å². The van der Waals surface area contributed by atoms with Gasteiger partial charge in [0.05, 0.1) is 0 Å². The van der Waals surface area contributed by atoms with E-state index in [9.17, 15) is 4.79 Å². The highest BCUT2D eigenvalue weighted by Crippen LogP contribution is 2.58. The summed E-state index contributed by atoms with van der Waals surface area (Å²) in [4.78, 5) is 12.1. The van der Waals surface area contributed by atoms with Crippen LogP contribution in [0.25, 0.3) is 0 Å². The van der Waals surface area contributed by atoms with Crippen molar-refractivity contribution in [1.82, 2.24) is 0 Å². The molecule has 0 aromatic heterocycles.